The van der Waals surface area contributed by atoms with E-state index in [9.17, 15) is 9.90 Å². The van der Waals surface area contributed by atoms with E-state index in [1.165, 1.54) is 11.3 Å². The van der Waals surface area contributed by atoms with Crippen molar-refractivity contribution in [3.63, 3.8) is 0 Å². The molecule has 1 aromatic heterocycles. The molecule has 0 saturated heterocycles. The van der Waals surface area contributed by atoms with Gasteiger partial charge >= 0.3 is 5.97 Å². The van der Waals surface area contributed by atoms with E-state index in [0.717, 1.165) is 21.9 Å². The summed E-state index contributed by atoms with van der Waals surface area (Å²) in [5.74, 6) is 4.80. The van der Waals surface area contributed by atoms with Gasteiger partial charge in [-0.3, -0.25) is 0 Å². The number of aliphatic carboxylic acids is 1. The molecule has 3 rings (SSSR count). The van der Waals surface area contributed by atoms with E-state index < -0.39 is 5.97 Å². The van der Waals surface area contributed by atoms with Crippen LogP contribution in [0.15, 0.2) is 71.1 Å². The number of rotatable bonds is 6. The van der Waals surface area contributed by atoms with Crippen LogP contribution in [0.25, 0.3) is 11.3 Å². The first-order valence-corrected chi connectivity index (χ1v) is 8.42. The number of carboxylic acids is 1. The molecule has 0 radical (unpaired) electrons. The van der Waals surface area contributed by atoms with Crippen LogP contribution in [0.4, 0.5) is 5.13 Å². The third kappa shape index (κ3) is 4.28. The van der Waals surface area contributed by atoms with Crippen LogP contribution in [0.3, 0.4) is 0 Å². The van der Waals surface area contributed by atoms with Crippen LogP contribution in [-0.4, -0.2) is 21.8 Å². The van der Waals surface area contributed by atoms with Crippen molar-refractivity contribution in [1.82, 2.24) is 4.98 Å². The number of hydrazone groups is 1. The molecule has 0 aliphatic heterocycles. The topological polar surface area (TPSA) is 91.8 Å². The Morgan fingerprint density at radius 1 is 1.12 bits per heavy atom. The maximum Gasteiger partial charge on any atom is 0.352 e. The lowest BCUT2D eigenvalue weighted by atomic mass is 10.1. The van der Waals surface area contributed by atoms with E-state index in [4.69, 9.17) is 5.84 Å². The maximum absolute atomic E-state index is 11.5. The lowest BCUT2D eigenvalue weighted by molar-refractivity contribution is -0.129. The first kappa shape index (κ1) is 16.8. The van der Waals surface area contributed by atoms with E-state index in [1.54, 1.807) is 0 Å². The molecule has 7 heteroatoms. The highest BCUT2D eigenvalue weighted by atomic mass is 32.1. The zero-order valence-corrected chi connectivity index (χ0v) is 14.1. The average Bonchev–Trinajstić information content (AvgIpc) is 3.13. The first-order chi connectivity index (χ1) is 12.1. The molecule has 126 valence electrons. The third-order valence-corrected chi connectivity index (χ3v) is 4.28. The fourth-order valence-electron chi connectivity index (χ4n) is 2.23. The molecular formula is C18H16N4O2S. The van der Waals surface area contributed by atoms with Crippen molar-refractivity contribution in [3.8, 4) is 11.3 Å². The Balaban J connectivity index is 1.81. The number of hydrazine groups is 1. The first-order valence-electron chi connectivity index (χ1n) is 7.54. The van der Waals surface area contributed by atoms with E-state index in [2.05, 4.69) is 10.1 Å². The molecule has 0 unspecified atom stereocenters. The van der Waals surface area contributed by atoms with Gasteiger partial charge < -0.3 is 5.11 Å². The molecule has 0 aliphatic carbocycles. The van der Waals surface area contributed by atoms with Gasteiger partial charge in [0.15, 0.2) is 5.71 Å². The van der Waals surface area contributed by atoms with Crippen molar-refractivity contribution >= 4 is 28.1 Å². The predicted molar refractivity (Wildman–Crippen MR) is 99.4 cm³/mol. The molecule has 0 bridgehead atoms. The number of carbonyl (C=O) groups is 1. The summed E-state index contributed by atoms with van der Waals surface area (Å²) in [4.78, 5) is 15.9. The summed E-state index contributed by atoms with van der Waals surface area (Å²) >= 11 is 1.30. The average molecular weight is 352 g/mol. The van der Waals surface area contributed by atoms with Gasteiger partial charge in [0.25, 0.3) is 0 Å². The summed E-state index contributed by atoms with van der Waals surface area (Å²) in [5.41, 5.74) is 2.53. The van der Waals surface area contributed by atoms with Gasteiger partial charge in [0.05, 0.1) is 5.69 Å². The molecule has 1 heterocycles. The van der Waals surface area contributed by atoms with Crippen LogP contribution in [0.2, 0.25) is 0 Å². The third-order valence-electron chi connectivity index (χ3n) is 3.45. The van der Waals surface area contributed by atoms with Gasteiger partial charge in [0, 0.05) is 17.4 Å². The number of thiazole rings is 1. The summed E-state index contributed by atoms with van der Waals surface area (Å²) in [6.07, 6.45) is 0.181. The van der Waals surface area contributed by atoms with E-state index in [1.807, 2.05) is 66.0 Å². The molecule has 3 N–H and O–H groups in total. The molecule has 3 aromatic rings. The van der Waals surface area contributed by atoms with Gasteiger partial charge in [-0.05, 0) is 5.56 Å². The second-order valence-corrected chi connectivity index (χ2v) is 6.08. The number of nitrogens with two attached hydrogens (primary N) is 1. The van der Waals surface area contributed by atoms with Crippen LogP contribution in [0.5, 0.6) is 0 Å². The largest absolute Gasteiger partial charge is 0.477 e. The summed E-state index contributed by atoms with van der Waals surface area (Å²) in [7, 11) is 0. The summed E-state index contributed by atoms with van der Waals surface area (Å²) in [5, 5.41) is 16.7. The van der Waals surface area contributed by atoms with Crippen LogP contribution < -0.4 is 11.0 Å². The van der Waals surface area contributed by atoms with E-state index in [-0.39, 0.29) is 12.1 Å². The lowest BCUT2D eigenvalue weighted by Gasteiger charge is -2.10. The molecule has 0 fully saturated rings. The van der Waals surface area contributed by atoms with E-state index >= 15 is 0 Å². The van der Waals surface area contributed by atoms with Crippen molar-refractivity contribution in [2.45, 2.75) is 6.42 Å². The lowest BCUT2D eigenvalue weighted by Crippen LogP contribution is -2.29. The van der Waals surface area contributed by atoms with Crippen LogP contribution in [0, 0.1) is 0 Å². The summed E-state index contributed by atoms with van der Waals surface area (Å²) in [6.45, 7) is 0. The second-order valence-electron chi connectivity index (χ2n) is 5.24. The standard InChI is InChI=1S/C18H16N4O2S/c19-22(18-20-16(12-25-18)14-9-5-2-6-10-14)21-15(17(23)24)11-13-7-3-1-4-8-13/h1-10,12H,11,19H2,(H,23,24)/b21-15+. The molecule has 2 aromatic carbocycles. The number of nitrogens with zero attached hydrogens (tertiary/aromatic N) is 3. The Labute approximate surface area is 148 Å². The zero-order chi connectivity index (χ0) is 17.6. The molecule has 25 heavy (non-hydrogen) atoms. The fourth-order valence-corrected chi connectivity index (χ4v) is 2.93. The number of aromatic nitrogens is 1. The second kappa shape index (κ2) is 7.69. The Bertz CT molecular complexity index is 878. The number of anilines is 1. The highest BCUT2D eigenvalue weighted by molar-refractivity contribution is 7.14. The van der Waals surface area contributed by atoms with Crippen LogP contribution in [-0.2, 0) is 11.2 Å². The monoisotopic (exact) mass is 352 g/mol. The number of hydrogen-bond donors (Lipinski definition) is 2. The van der Waals surface area contributed by atoms with Crippen molar-refractivity contribution < 1.29 is 9.90 Å². The van der Waals surface area contributed by atoms with Crippen molar-refractivity contribution in [2.24, 2.45) is 10.9 Å². The zero-order valence-electron chi connectivity index (χ0n) is 13.2. The van der Waals surface area contributed by atoms with Gasteiger partial charge in [-0.1, -0.05) is 60.7 Å². The fraction of sp³-hybridized carbons (Fsp3) is 0.0556. The molecule has 6 nitrogen and oxygen atoms in total. The quantitative estimate of drug-likeness (QED) is 0.404. The molecule has 0 amide bonds. The SMILES string of the molecule is NN(/N=C(\Cc1ccccc1)C(=O)O)c1nc(-c2ccccc2)cs1. The van der Waals surface area contributed by atoms with Crippen molar-refractivity contribution in [2.75, 3.05) is 5.12 Å². The minimum atomic E-state index is -1.11. The number of carboxylic acid groups (broad SMARTS) is 1. The van der Waals surface area contributed by atoms with Crippen LogP contribution >= 0.6 is 11.3 Å². The van der Waals surface area contributed by atoms with Gasteiger partial charge in [-0.2, -0.15) is 10.2 Å². The van der Waals surface area contributed by atoms with Crippen molar-refractivity contribution in [1.29, 1.82) is 0 Å². The smallest absolute Gasteiger partial charge is 0.352 e. The van der Waals surface area contributed by atoms with Crippen LogP contribution in [0.1, 0.15) is 5.56 Å². The molecule has 0 aliphatic rings. The predicted octanol–water partition coefficient (Wildman–Crippen LogP) is 3.17. The Morgan fingerprint density at radius 2 is 1.76 bits per heavy atom. The Morgan fingerprint density at radius 3 is 2.40 bits per heavy atom. The van der Waals surface area contributed by atoms with Gasteiger partial charge in [-0.25, -0.2) is 15.6 Å². The van der Waals surface area contributed by atoms with Crippen molar-refractivity contribution in [3.05, 3.63) is 71.6 Å². The van der Waals surface area contributed by atoms with Gasteiger partial charge in [-0.15, -0.1) is 11.3 Å². The normalized spacial score (nSPS) is 11.3. The minimum Gasteiger partial charge on any atom is -0.477 e. The number of benzene rings is 2. The Hall–Kier alpha value is -3.03. The van der Waals surface area contributed by atoms with E-state index in [0.29, 0.717) is 5.13 Å². The highest BCUT2D eigenvalue weighted by Crippen LogP contribution is 2.26. The molecule has 0 spiro atoms. The maximum atomic E-state index is 11.5. The Kier molecular flexibility index (Phi) is 5.17. The molecule has 0 atom stereocenters. The van der Waals surface area contributed by atoms with Gasteiger partial charge in [0.2, 0.25) is 5.13 Å². The molecule has 0 saturated carbocycles. The summed E-state index contributed by atoms with van der Waals surface area (Å²) < 4.78 is 0. The highest BCUT2D eigenvalue weighted by Gasteiger charge is 2.15. The van der Waals surface area contributed by atoms with Gasteiger partial charge in [0.1, 0.15) is 0 Å². The summed E-state index contributed by atoms with van der Waals surface area (Å²) in [6, 6.07) is 18.9. The number of hydrogen-bond acceptors (Lipinski definition) is 6. The minimum absolute atomic E-state index is 0.0508. The molecular weight excluding hydrogens is 336 g/mol.